The molecule has 1 unspecified atom stereocenters. The molecule has 4 heteroatoms. The highest BCUT2D eigenvalue weighted by Crippen LogP contribution is 2.23. The number of hydrogen-bond acceptors (Lipinski definition) is 4. The maximum atomic E-state index is 5.18. The van der Waals surface area contributed by atoms with E-state index in [-0.39, 0.29) is 0 Å². The van der Waals surface area contributed by atoms with Crippen LogP contribution >= 0.6 is 0 Å². The second-order valence-corrected chi connectivity index (χ2v) is 5.92. The van der Waals surface area contributed by atoms with E-state index in [1.807, 2.05) is 13.0 Å². The molecule has 1 aliphatic heterocycles. The lowest BCUT2D eigenvalue weighted by atomic mass is 9.92. The Morgan fingerprint density at radius 3 is 2.71 bits per heavy atom. The van der Waals surface area contributed by atoms with Gasteiger partial charge in [-0.25, -0.2) is 0 Å². The molecule has 0 spiro atoms. The van der Waals surface area contributed by atoms with Crippen LogP contribution in [0.2, 0.25) is 0 Å². The van der Waals surface area contributed by atoms with Gasteiger partial charge in [-0.15, -0.1) is 0 Å². The van der Waals surface area contributed by atoms with E-state index in [9.17, 15) is 0 Å². The summed E-state index contributed by atoms with van der Waals surface area (Å²) >= 11 is 0. The lowest BCUT2D eigenvalue weighted by Crippen LogP contribution is -2.39. The summed E-state index contributed by atoms with van der Waals surface area (Å²) < 4.78 is 0. The molecule has 1 heterocycles. The molecule has 0 aliphatic carbocycles. The smallest absolute Gasteiger partial charge is 0.121 e. The number of likely N-dealkylation sites (N-methyl/N-ethyl adjacent to an activating group) is 1. The minimum absolute atomic E-state index is 0.299. The fraction of sp³-hybridized carbons (Fsp3) is 0.450. The first kappa shape index (κ1) is 20.1. The van der Waals surface area contributed by atoms with E-state index in [0.717, 1.165) is 37.2 Å². The fourth-order valence-corrected chi connectivity index (χ4v) is 2.66. The summed E-state index contributed by atoms with van der Waals surface area (Å²) in [5.41, 5.74) is 3.24. The van der Waals surface area contributed by atoms with Crippen molar-refractivity contribution in [3.05, 3.63) is 59.9 Å². The molecule has 1 aliphatic rings. The summed E-state index contributed by atoms with van der Waals surface area (Å²) in [5.74, 6) is 5.82. The predicted octanol–water partition coefficient (Wildman–Crippen LogP) is 4.30. The molecule has 0 radical (unpaired) electrons. The first-order valence-electron chi connectivity index (χ1n) is 8.54. The maximum absolute atomic E-state index is 5.18. The quantitative estimate of drug-likeness (QED) is 0.410. The Labute approximate surface area is 146 Å². The van der Waals surface area contributed by atoms with E-state index in [2.05, 4.69) is 67.7 Å². The van der Waals surface area contributed by atoms with Crippen LogP contribution in [0.1, 0.15) is 40.0 Å². The van der Waals surface area contributed by atoms with Gasteiger partial charge in [-0.1, -0.05) is 44.7 Å². The fourth-order valence-electron chi connectivity index (χ4n) is 2.66. The second-order valence-electron chi connectivity index (χ2n) is 5.92. The van der Waals surface area contributed by atoms with Crippen LogP contribution in [-0.4, -0.2) is 30.4 Å². The lowest BCUT2D eigenvalue weighted by Gasteiger charge is -2.33. The van der Waals surface area contributed by atoms with Gasteiger partial charge in [0.1, 0.15) is 5.76 Å². The topological polar surface area (TPSA) is 50.8 Å². The maximum Gasteiger partial charge on any atom is 0.121 e. The summed E-state index contributed by atoms with van der Waals surface area (Å²) in [4.78, 5) is 11.7. The van der Waals surface area contributed by atoms with Gasteiger partial charge in [-0.05, 0) is 56.5 Å². The Morgan fingerprint density at radius 2 is 2.08 bits per heavy atom. The normalized spacial score (nSPS) is 21.7. The van der Waals surface area contributed by atoms with Crippen LogP contribution in [0.5, 0.6) is 0 Å². The predicted molar refractivity (Wildman–Crippen MR) is 104 cm³/mol. The molecule has 0 saturated carbocycles. The van der Waals surface area contributed by atoms with E-state index in [4.69, 9.17) is 10.7 Å². The highest BCUT2D eigenvalue weighted by molar-refractivity contribution is 6.02. The number of hydrogen-bond donors (Lipinski definition) is 1. The van der Waals surface area contributed by atoms with E-state index in [1.165, 1.54) is 5.57 Å². The number of aliphatic imine (C=N–C) groups is 1. The number of nitrogens with zero attached hydrogens (tertiary/aromatic N) is 2. The van der Waals surface area contributed by atoms with Crippen molar-refractivity contribution in [2.45, 2.75) is 46.1 Å². The van der Waals surface area contributed by atoms with Crippen LogP contribution < -0.4 is 5.90 Å². The number of nitrogens with two attached hydrogens (primary N) is 1. The standard InChI is InChI=1S/C20H31N3O/c1-6-8-9-10-11-12-20-18(14-16(3)13-17(4)24-21)19(7-2)22-15-23(20)5/h8-11,13-14,20H,3,6-7,12,15,21H2,1-2,4-5H3/b9-8?,11-10?,17-13+,18-14+. The average Bonchev–Trinajstić information content (AvgIpc) is 2.56. The molecule has 0 aromatic rings. The SMILES string of the molecule is C=C(/C=C1\C(CC)=NCN(C)C1CC=CC=CCC)/C=C(\C)ON. The number of allylic oxidation sites excluding steroid dienone is 7. The van der Waals surface area contributed by atoms with Crippen molar-refractivity contribution in [3.63, 3.8) is 0 Å². The van der Waals surface area contributed by atoms with Gasteiger partial charge < -0.3 is 4.84 Å². The first-order chi connectivity index (χ1) is 11.5. The monoisotopic (exact) mass is 329 g/mol. The molecule has 4 nitrogen and oxygen atoms in total. The van der Waals surface area contributed by atoms with Gasteiger partial charge in [0.15, 0.2) is 0 Å². The van der Waals surface area contributed by atoms with Crippen LogP contribution in [-0.2, 0) is 4.84 Å². The van der Waals surface area contributed by atoms with Gasteiger partial charge in [0.2, 0.25) is 0 Å². The molecule has 0 bridgehead atoms. The van der Waals surface area contributed by atoms with E-state index < -0.39 is 0 Å². The highest BCUT2D eigenvalue weighted by Gasteiger charge is 2.25. The first-order valence-corrected chi connectivity index (χ1v) is 8.54. The zero-order chi connectivity index (χ0) is 17.9. The molecule has 2 N–H and O–H groups in total. The molecule has 0 amide bonds. The molecule has 1 rings (SSSR count). The summed E-state index contributed by atoms with van der Waals surface area (Å²) in [6.07, 6.45) is 15.4. The zero-order valence-electron chi connectivity index (χ0n) is 15.5. The third kappa shape index (κ3) is 6.30. The molecule has 0 aromatic carbocycles. The van der Waals surface area contributed by atoms with E-state index in [0.29, 0.717) is 11.8 Å². The van der Waals surface area contributed by atoms with Crippen LogP contribution in [0, 0.1) is 0 Å². The summed E-state index contributed by atoms with van der Waals surface area (Å²) in [5, 5.41) is 0. The van der Waals surface area contributed by atoms with E-state index >= 15 is 0 Å². The Balaban J connectivity index is 3.03. The van der Waals surface area contributed by atoms with Crippen LogP contribution in [0.4, 0.5) is 0 Å². The van der Waals surface area contributed by atoms with Gasteiger partial charge >= 0.3 is 0 Å². The van der Waals surface area contributed by atoms with Gasteiger partial charge in [-0.2, -0.15) is 5.90 Å². The average molecular weight is 329 g/mol. The van der Waals surface area contributed by atoms with Gasteiger partial charge in [0, 0.05) is 11.8 Å². The lowest BCUT2D eigenvalue weighted by molar-refractivity contribution is 0.222. The molecule has 1 atom stereocenters. The largest absolute Gasteiger partial charge is 0.416 e. The highest BCUT2D eigenvalue weighted by atomic mass is 16.6. The minimum atomic E-state index is 0.299. The number of rotatable bonds is 8. The Morgan fingerprint density at radius 1 is 1.38 bits per heavy atom. The van der Waals surface area contributed by atoms with Crippen molar-refractivity contribution < 1.29 is 4.84 Å². The van der Waals surface area contributed by atoms with Crippen molar-refractivity contribution in [2.24, 2.45) is 10.9 Å². The molecular weight excluding hydrogens is 298 g/mol. The summed E-state index contributed by atoms with van der Waals surface area (Å²) in [6.45, 7) is 10.9. The minimum Gasteiger partial charge on any atom is -0.416 e. The van der Waals surface area contributed by atoms with Crippen molar-refractivity contribution in [2.75, 3.05) is 13.7 Å². The van der Waals surface area contributed by atoms with E-state index in [1.54, 1.807) is 0 Å². The van der Waals surface area contributed by atoms with Crippen molar-refractivity contribution in [3.8, 4) is 0 Å². The summed E-state index contributed by atoms with van der Waals surface area (Å²) in [7, 11) is 2.11. The third-order valence-electron chi connectivity index (χ3n) is 3.94. The van der Waals surface area contributed by atoms with Gasteiger partial charge in [0.25, 0.3) is 0 Å². The molecule has 0 aromatic heterocycles. The van der Waals surface area contributed by atoms with Crippen molar-refractivity contribution >= 4 is 5.71 Å². The molecule has 0 fully saturated rings. The van der Waals surface area contributed by atoms with Crippen LogP contribution in [0.15, 0.2) is 64.9 Å². The Hall–Kier alpha value is -1.91. The van der Waals surface area contributed by atoms with Crippen LogP contribution in [0.3, 0.4) is 0 Å². The summed E-state index contributed by atoms with van der Waals surface area (Å²) in [6, 6.07) is 0.299. The molecule has 0 saturated heterocycles. The third-order valence-corrected chi connectivity index (χ3v) is 3.94. The van der Waals surface area contributed by atoms with Crippen molar-refractivity contribution in [1.29, 1.82) is 0 Å². The molecular formula is C20H31N3O. The van der Waals surface area contributed by atoms with Crippen LogP contribution in [0.25, 0.3) is 0 Å². The van der Waals surface area contributed by atoms with Gasteiger partial charge in [-0.3, -0.25) is 9.89 Å². The molecule has 132 valence electrons. The Kier molecular flexibility index (Phi) is 9.05. The Bertz CT molecular complexity index is 567. The second kappa shape index (κ2) is 10.8. The molecule has 24 heavy (non-hydrogen) atoms. The van der Waals surface area contributed by atoms with Gasteiger partial charge in [0.05, 0.1) is 6.67 Å². The van der Waals surface area contributed by atoms with Crippen molar-refractivity contribution in [1.82, 2.24) is 4.90 Å². The zero-order valence-corrected chi connectivity index (χ0v) is 15.5.